The van der Waals surface area contributed by atoms with Crippen LogP contribution in [0.2, 0.25) is 0 Å². The van der Waals surface area contributed by atoms with Crippen molar-refractivity contribution in [1.29, 1.82) is 0 Å². The first-order valence-electron chi connectivity index (χ1n) is 5.03. The molecule has 0 spiro atoms. The average Bonchev–Trinajstić information content (AvgIpc) is 2.82. The maximum absolute atomic E-state index is 5.46. The van der Waals surface area contributed by atoms with Gasteiger partial charge in [-0.25, -0.2) is 4.98 Å². The zero-order chi connectivity index (χ0) is 11.4. The molecule has 0 saturated heterocycles. The lowest BCUT2D eigenvalue weighted by atomic mass is 10.3. The number of rotatable bonds is 4. The molecule has 2 heterocycles. The number of hydrogen-bond acceptors (Lipinski definition) is 5. The van der Waals surface area contributed by atoms with E-state index < -0.39 is 0 Å². The zero-order valence-electron chi connectivity index (χ0n) is 9.13. The van der Waals surface area contributed by atoms with Crippen LogP contribution in [0.3, 0.4) is 0 Å². The van der Waals surface area contributed by atoms with E-state index >= 15 is 0 Å². The van der Waals surface area contributed by atoms with E-state index in [9.17, 15) is 0 Å². The van der Waals surface area contributed by atoms with Crippen molar-refractivity contribution in [3.05, 3.63) is 42.2 Å². The minimum atomic E-state index is 0.415. The molecule has 0 fully saturated rings. The Kier molecular flexibility index (Phi) is 3.16. The first kappa shape index (κ1) is 10.6. The number of anilines is 1. The van der Waals surface area contributed by atoms with Crippen LogP contribution < -0.4 is 10.6 Å². The van der Waals surface area contributed by atoms with Gasteiger partial charge in [0, 0.05) is 25.7 Å². The Balaban J connectivity index is 2.05. The quantitative estimate of drug-likeness (QED) is 0.834. The van der Waals surface area contributed by atoms with E-state index in [1.807, 2.05) is 18.0 Å². The van der Waals surface area contributed by atoms with Gasteiger partial charge in [0.05, 0.1) is 30.6 Å². The Morgan fingerprint density at radius 1 is 1.38 bits per heavy atom. The number of aromatic nitrogens is 2. The van der Waals surface area contributed by atoms with Gasteiger partial charge in [-0.2, -0.15) is 0 Å². The van der Waals surface area contributed by atoms with Crippen LogP contribution in [0.4, 0.5) is 5.82 Å². The first-order valence-corrected chi connectivity index (χ1v) is 5.03. The lowest BCUT2D eigenvalue weighted by Gasteiger charge is -2.16. The Labute approximate surface area is 93.9 Å². The summed E-state index contributed by atoms with van der Waals surface area (Å²) in [6.45, 7) is 1.16. The lowest BCUT2D eigenvalue weighted by molar-refractivity contribution is 0.563. The monoisotopic (exact) mass is 218 g/mol. The van der Waals surface area contributed by atoms with Gasteiger partial charge in [0.1, 0.15) is 5.82 Å². The standard InChI is InChI=1S/C11H14N4O/c1-15(7-9-2-3-16-8-9)11-6-13-10(4-12)5-14-11/h2-3,5-6,8H,4,7,12H2,1H3. The first-order chi connectivity index (χ1) is 7.79. The molecule has 0 saturated carbocycles. The second kappa shape index (κ2) is 4.76. The largest absolute Gasteiger partial charge is 0.472 e. The number of furan rings is 1. The van der Waals surface area contributed by atoms with Crippen LogP contribution in [0.25, 0.3) is 0 Å². The second-order valence-corrected chi connectivity index (χ2v) is 3.56. The normalized spacial score (nSPS) is 10.4. The van der Waals surface area contributed by atoms with Gasteiger partial charge in [-0.1, -0.05) is 0 Å². The van der Waals surface area contributed by atoms with E-state index in [0.29, 0.717) is 6.54 Å². The van der Waals surface area contributed by atoms with Crippen LogP contribution in [0, 0.1) is 0 Å². The van der Waals surface area contributed by atoms with Gasteiger partial charge in [0.2, 0.25) is 0 Å². The molecule has 2 rings (SSSR count). The predicted octanol–water partition coefficient (Wildman–Crippen LogP) is 1.16. The molecule has 2 aromatic rings. The van der Waals surface area contributed by atoms with Gasteiger partial charge in [-0.3, -0.25) is 4.98 Å². The van der Waals surface area contributed by atoms with Gasteiger partial charge in [0.15, 0.2) is 0 Å². The molecule has 84 valence electrons. The van der Waals surface area contributed by atoms with Crippen molar-refractivity contribution in [2.75, 3.05) is 11.9 Å². The smallest absolute Gasteiger partial charge is 0.147 e. The van der Waals surface area contributed by atoms with Crippen LogP contribution in [0.15, 0.2) is 35.4 Å². The molecular formula is C11H14N4O. The predicted molar refractivity (Wildman–Crippen MR) is 60.7 cm³/mol. The fourth-order valence-electron chi connectivity index (χ4n) is 1.39. The Hall–Kier alpha value is -1.88. The van der Waals surface area contributed by atoms with Crippen molar-refractivity contribution in [1.82, 2.24) is 9.97 Å². The molecule has 0 radical (unpaired) electrons. The molecular weight excluding hydrogens is 204 g/mol. The van der Waals surface area contributed by atoms with Crippen molar-refractivity contribution in [3.8, 4) is 0 Å². The van der Waals surface area contributed by atoms with Gasteiger partial charge < -0.3 is 15.1 Å². The molecule has 0 aliphatic carbocycles. The highest BCUT2D eigenvalue weighted by atomic mass is 16.3. The van der Waals surface area contributed by atoms with Crippen LogP contribution in [-0.2, 0) is 13.1 Å². The molecule has 16 heavy (non-hydrogen) atoms. The SMILES string of the molecule is CN(Cc1ccoc1)c1cnc(CN)cn1. The summed E-state index contributed by atoms with van der Waals surface area (Å²) < 4.78 is 5.01. The molecule has 2 N–H and O–H groups in total. The fraction of sp³-hybridized carbons (Fsp3) is 0.273. The lowest BCUT2D eigenvalue weighted by Crippen LogP contribution is -2.17. The summed E-state index contributed by atoms with van der Waals surface area (Å²) in [6, 6.07) is 1.93. The second-order valence-electron chi connectivity index (χ2n) is 3.56. The summed E-state index contributed by atoms with van der Waals surface area (Å²) in [7, 11) is 1.96. The summed E-state index contributed by atoms with van der Waals surface area (Å²) >= 11 is 0. The number of nitrogens with zero attached hydrogens (tertiary/aromatic N) is 3. The van der Waals surface area contributed by atoms with Crippen molar-refractivity contribution in [2.24, 2.45) is 5.73 Å². The molecule has 2 aromatic heterocycles. The maximum Gasteiger partial charge on any atom is 0.147 e. The molecule has 5 nitrogen and oxygen atoms in total. The van der Waals surface area contributed by atoms with Crippen LogP contribution in [0.5, 0.6) is 0 Å². The minimum absolute atomic E-state index is 0.415. The highest BCUT2D eigenvalue weighted by molar-refractivity contribution is 5.35. The molecule has 0 atom stereocenters. The van der Waals surface area contributed by atoms with E-state index in [2.05, 4.69) is 9.97 Å². The maximum atomic E-state index is 5.46. The van der Waals surface area contributed by atoms with Crippen molar-refractivity contribution < 1.29 is 4.42 Å². The van der Waals surface area contributed by atoms with Crippen molar-refractivity contribution >= 4 is 5.82 Å². The summed E-state index contributed by atoms with van der Waals surface area (Å²) in [5, 5.41) is 0. The molecule has 0 bridgehead atoms. The Morgan fingerprint density at radius 2 is 2.25 bits per heavy atom. The van der Waals surface area contributed by atoms with E-state index in [0.717, 1.165) is 23.6 Å². The molecule has 0 aromatic carbocycles. The van der Waals surface area contributed by atoms with E-state index in [4.69, 9.17) is 10.2 Å². The third-order valence-electron chi connectivity index (χ3n) is 2.29. The topological polar surface area (TPSA) is 68.2 Å². The Morgan fingerprint density at radius 3 is 2.81 bits per heavy atom. The average molecular weight is 218 g/mol. The summed E-state index contributed by atoms with van der Waals surface area (Å²) in [5.74, 6) is 0.818. The Bertz CT molecular complexity index is 424. The van der Waals surface area contributed by atoms with Gasteiger partial charge in [-0.15, -0.1) is 0 Å². The molecule has 0 amide bonds. The molecule has 5 heteroatoms. The van der Waals surface area contributed by atoms with Crippen LogP contribution >= 0.6 is 0 Å². The molecule has 0 unspecified atom stereocenters. The van der Waals surface area contributed by atoms with Gasteiger partial charge in [-0.05, 0) is 6.07 Å². The van der Waals surface area contributed by atoms with Gasteiger partial charge >= 0.3 is 0 Å². The highest BCUT2D eigenvalue weighted by Gasteiger charge is 2.04. The number of nitrogens with two attached hydrogens (primary N) is 1. The van der Waals surface area contributed by atoms with Crippen molar-refractivity contribution in [2.45, 2.75) is 13.1 Å². The van der Waals surface area contributed by atoms with E-state index in [-0.39, 0.29) is 0 Å². The van der Waals surface area contributed by atoms with Crippen molar-refractivity contribution in [3.63, 3.8) is 0 Å². The van der Waals surface area contributed by atoms with E-state index in [1.54, 1.807) is 24.9 Å². The molecule has 0 aliphatic rings. The number of hydrogen-bond donors (Lipinski definition) is 1. The highest BCUT2D eigenvalue weighted by Crippen LogP contribution is 2.11. The molecule has 0 aliphatic heterocycles. The zero-order valence-corrected chi connectivity index (χ0v) is 9.13. The van der Waals surface area contributed by atoms with E-state index in [1.165, 1.54) is 0 Å². The van der Waals surface area contributed by atoms with Crippen LogP contribution in [0.1, 0.15) is 11.3 Å². The minimum Gasteiger partial charge on any atom is -0.472 e. The summed E-state index contributed by atoms with van der Waals surface area (Å²) in [6.07, 6.45) is 6.80. The summed E-state index contributed by atoms with van der Waals surface area (Å²) in [5.41, 5.74) is 7.35. The third-order valence-corrected chi connectivity index (χ3v) is 2.29. The van der Waals surface area contributed by atoms with Gasteiger partial charge in [0.25, 0.3) is 0 Å². The summed E-state index contributed by atoms with van der Waals surface area (Å²) in [4.78, 5) is 10.5. The third kappa shape index (κ3) is 2.38. The fourth-order valence-corrected chi connectivity index (χ4v) is 1.39. The van der Waals surface area contributed by atoms with Crippen LogP contribution in [-0.4, -0.2) is 17.0 Å².